The minimum Gasteiger partial charge on any atom is -0.386 e. The van der Waals surface area contributed by atoms with Crippen LogP contribution >= 0.6 is 0 Å². The van der Waals surface area contributed by atoms with E-state index in [1.165, 1.54) is 0 Å². The number of methoxy groups -OCH3 is 1. The summed E-state index contributed by atoms with van der Waals surface area (Å²) < 4.78 is 5.45. The Labute approximate surface area is 103 Å². The van der Waals surface area contributed by atoms with Gasteiger partial charge in [-0.05, 0) is 25.7 Å². The molecule has 1 saturated heterocycles. The number of hydrogen-bond donors (Lipinski definition) is 1. The van der Waals surface area contributed by atoms with E-state index in [9.17, 15) is 9.90 Å². The Kier molecular flexibility index (Phi) is 3.46. The van der Waals surface area contributed by atoms with Gasteiger partial charge in [-0.1, -0.05) is 13.3 Å². The number of likely N-dealkylation sites (tertiary alicyclic amines) is 1. The summed E-state index contributed by atoms with van der Waals surface area (Å²) in [6.07, 6.45) is 5.35. The molecule has 1 amide bonds. The van der Waals surface area contributed by atoms with Crippen LogP contribution in [0.5, 0.6) is 0 Å². The Bertz CT molecular complexity index is 288. The molecular weight excluding hydrogens is 218 g/mol. The van der Waals surface area contributed by atoms with E-state index in [1.807, 2.05) is 0 Å². The summed E-state index contributed by atoms with van der Waals surface area (Å²) in [5.41, 5.74) is -0.820. The quantitative estimate of drug-likeness (QED) is 0.789. The zero-order valence-corrected chi connectivity index (χ0v) is 10.9. The molecule has 0 aromatic carbocycles. The molecular formula is C13H23NO3. The zero-order chi connectivity index (χ0) is 12.5. The topological polar surface area (TPSA) is 49.8 Å². The lowest BCUT2D eigenvalue weighted by atomic mass is 9.76. The molecule has 2 rings (SSSR count). The monoisotopic (exact) mass is 241 g/mol. The van der Waals surface area contributed by atoms with Crippen molar-refractivity contribution < 1.29 is 14.6 Å². The smallest absolute Gasteiger partial charge is 0.225 e. The van der Waals surface area contributed by atoms with Crippen LogP contribution in [0.2, 0.25) is 0 Å². The third-order valence-electron chi connectivity index (χ3n) is 4.21. The molecule has 2 fully saturated rings. The minimum atomic E-state index is -0.621. The van der Waals surface area contributed by atoms with Crippen molar-refractivity contribution >= 4 is 5.91 Å². The van der Waals surface area contributed by atoms with E-state index in [4.69, 9.17) is 4.74 Å². The lowest BCUT2D eigenvalue weighted by Crippen LogP contribution is -2.64. The van der Waals surface area contributed by atoms with Gasteiger partial charge in [-0.25, -0.2) is 0 Å². The van der Waals surface area contributed by atoms with Gasteiger partial charge in [0.15, 0.2) is 0 Å². The van der Waals surface area contributed by atoms with Crippen molar-refractivity contribution in [1.82, 2.24) is 4.90 Å². The molecule has 17 heavy (non-hydrogen) atoms. The van der Waals surface area contributed by atoms with Crippen molar-refractivity contribution in [1.29, 1.82) is 0 Å². The van der Waals surface area contributed by atoms with Gasteiger partial charge in [-0.15, -0.1) is 0 Å². The molecule has 1 N–H and O–H groups in total. The Morgan fingerprint density at radius 1 is 1.41 bits per heavy atom. The molecule has 0 aromatic rings. The van der Waals surface area contributed by atoms with Gasteiger partial charge in [0.05, 0.1) is 30.7 Å². The Morgan fingerprint density at radius 2 is 2.06 bits per heavy atom. The third kappa shape index (κ3) is 2.47. The van der Waals surface area contributed by atoms with Crippen molar-refractivity contribution in [3.63, 3.8) is 0 Å². The van der Waals surface area contributed by atoms with Gasteiger partial charge in [-0.2, -0.15) is 0 Å². The van der Waals surface area contributed by atoms with Crippen LogP contribution in [0.4, 0.5) is 0 Å². The SMILES string of the molecule is CCCC1(O)CN(C(=O)CC2(OC)CCC2)C1. The second kappa shape index (κ2) is 4.58. The van der Waals surface area contributed by atoms with E-state index in [0.29, 0.717) is 19.5 Å². The van der Waals surface area contributed by atoms with Gasteiger partial charge < -0.3 is 14.7 Å². The van der Waals surface area contributed by atoms with Gasteiger partial charge in [-0.3, -0.25) is 4.79 Å². The van der Waals surface area contributed by atoms with E-state index in [1.54, 1.807) is 12.0 Å². The first kappa shape index (κ1) is 12.8. The van der Waals surface area contributed by atoms with Crippen LogP contribution in [0.25, 0.3) is 0 Å². The second-order valence-corrected chi connectivity index (χ2v) is 5.64. The number of amides is 1. The largest absolute Gasteiger partial charge is 0.386 e. The van der Waals surface area contributed by atoms with Crippen LogP contribution < -0.4 is 0 Å². The van der Waals surface area contributed by atoms with E-state index in [-0.39, 0.29) is 11.5 Å². The van der Waals surface area contributed by atoms with Crippen molar-refractivity contribution in [2.45, 2.75) is 56.7 Å². The highest BCUT2D eigenvalue weighted by atomic mass is 16.5. The summed E-state index contributed by atoms with van der Waals surface area (Å²) in [5.74, 6) is 0.132. The standard InChI is InChI=1S/C13H23NO3/c1-3-5-12(16)9-14(10-12)11(15)8-13(17-2)6-4-7-13/h16H,3-10H2,1-2H3. The molecule has 2 aliphatic rings. The number of nitrogens with zero attached hydrogens (tertiary/aromatic N) is 1. The number of ether oxygens (including phenoxy) is 1. The molecule has 0 spiro atoms. The predicted octanol–water partition coefficient (Wildman–Crippen LogP) is 1.32. The maximum atomic E-state index is 12.0. The molecule has 0 bridgehead atoms. The van der Waals surface area contributed by atoms with Gasteiger partial charge in [0, 0.05) is 7.11 Å². The lowest BCUT2D eigenvalue weighted by molar-refractivity contribution is -0.166. The number of rotatable bonds is 5. The maximum absolute atomic E-state index is 12.0. The molecule has 0 unspecified atom stereocenters. The highest BCUT2D eigenvalue weighted by Crippen LogP contribution is 2.39. The first-order valence-corrected chi connectivity index (χ1v) is 6.58. The van der Waals surface area contributed by atoms with E-state index in [0.717, 1.165) is 32.1 Å². The van der Waals surface area contributed by atoms with Gasteiger partial charge >= 0.3 is 0 Å². The normalized spacial score (nSPS) is 25.0. The van der Waals surface area contributed by atoms with Crippen LogP contribution in [0.15, 0.2) is 0 Å². The summed E-state index contributed by atoms with van der Waals surface area (Å²) in [5, 5.41) is 10.0. The third-order valence-corrected chi connectivity index (χ3v) is 4.21. The number of β-amino-alcohol motifs (C(OH)–C–C–N with tert-alkyl or cyclic N) is 1. The molecule has 4 heteroatoms. The van der Waals surface area contributed by atoms with Gasteiger partial charge in [0.1, 0.15) is 0 Å². The fourth-order valence-corrected chi connectivity index (χ4v) is 2.88. The van der Waals surface area contributed by atoms with Crippen molar-refractivity contribution in [2.24, 2.45) is 0 Å². The molecule has 1 saturated carbocycles. The average Bonchev–Trinajstić information content (AvgIpc) is 2.20. The van der Waals surface area contributed by atoms with Crippen LogP contribution in [-0.2, 0) is 9.53 Å². The summed E-state index contributed by atoms with van der Waals surface area (Å²) >= 11 is 0. The summed E-state index contributed by atoms with van der Waals surface area (Å²) in [4.78, 5) is 13.8. The molecule has 98 valence electrons. The van der Waals surface area contributed by atoms with Gasteiger partial charge in [0.2, 0.25) is 5.91 Å². The van der Waals surface area contributed by atoms with E-state index >= 15 is 0 Å². The Balaban J connectivity index is 1.79. The number of aliphatic hydroxyl groups is 1. The summed E-state index contributed by atoms with van der Waals surface area (Å²) in [6, 6.07) is 0. The number of hydrogen-bond acceptors (Lipinski definition) is 3. The summed E-state index contributed by atoms with van der Waals surface area (Å²) in [6.45, 7) is 3.05. The van der Waals surface area contributed by atoms with Crippen molar-refractivity contribution in [3.8, 4) is 0 Å². The number of carbonyl (C=O) groups excluding carboxylic acids is 1. The molecule has 0 aromatic heterocycles. The van der Waals surface area contributed by atoms with Crippen molar-refractivity contribution in [2.75, 3.05) is 20.2 Å². The second-order valence-electron chi connectivity index (χ2n) is 5.64. The van der Waals surface area contributed by atoms with Crippen LogP contribution in [0.1, 0.15) is 45.4 Å². The minimum absolute atomic E-state index is 0.132. The fourth-order valence-electron chi connectivity index (χ4n) is 2.88. The Hall–Kier alpha value is -0.610. The molecule has 1 aliphatic heterocycles. The molecule has 4 nitrogen and oxygen atoms in total. The first-order valence-electron chi connectivity index (χ1n) is 6.58. The highest BCUT2D eigenvalue weighted by molar-refractivity contribution is 5.78. The molecule has 0 atom stereocenters. The van der Waals surface area contributed by atoms with Crippen LogP contribution in [0, 0.1) is 0 Å². The van der Waals surface area contributed by atoms with Crippen molar-refractivity contribution in [3.05, 3.63) is 0 Å². The zero-order valence-electron chi connectivity index (χ0n) is 10.9. The summed E-state index contributed by atoms with van der Waals surface area (Å²) in [7, 11) is 1.69. The van der Waals surface area contributed by atoms with Crippen LogP contribution in [-0.4, -0.2) is 47.3 Å². The first-order chi connectivity index (χ1) is 8.02. The predicted molar refractivity (Wildman–Crippen MR) is 64.6 cm³/mol. The van der Waals surface area contributed by atoms with E-state index in [2.05, 4.69) is 6.92 Å². The van der Waals surface area contributed by atoms with Gasteiger partial charge in [0.25, 0.3) is 0 Å². The Morgan fingerprint density at radius 3 is 2.47 bits per heavy atom. The molecule has 0 radical (unpaired) electrons. The van der Waals surface area contributed by atoms with E-state index < -0.39 is 5.60 Å². The molecule has 1 heterocycles. The lowest BCUT2D eigenvalue weighted by Gasteiger charge is -2.48. The van der Waals surface area contributed by atoms with Crippen LogP contribution in [0.3, 0.4) is 0 Å². The fraction of sp³-hybridized carbons (Fsp3) is 0.923. The molecule has 1 aliphatic carbocycles. The maximum Gasteiger partial charge on any atom is 0.225 e. The average molecular weight is 241 g/mol. The highest BCUT2D eigenvalue weighted by Gasteiger charge is 2.46. The number of carbonyl (C=O) groups is 1.